The number of aromatic carboxylic acids is 3. The molecule has 8 bridgehead atoms. The number of carboxylic acids is 4. The van der Waals surface area contributed by atoms with Crippen molar-refractivity contribution in [1.82, 2.24) is 39.9 Å². The van der Waals surface area contributed by atoms with Crippen LogP contribution in [0.5, 0.6) is 0 Å². The molecule has 1 aliphatic carbocycles. The molecule has 2 atom stereocenters. The number of rotatable bonds is 4. The Morgan fingerprint density at radius 2 is 0.947 bits per heavy atom. The van der Waals surface area contributed by atoms with Gasteiger partial charge in [-0.25, -0.2) is 9.97 Å². The fraction of sp³-hybridized carbons (Fsp3) is 0.0556. The second kappa shape index (κ2) is 18.0. The van der Waals surface area contributed by atoms with E-state index in [0.717, 1.165) is 0 Å². The molecule has 5 heterocycles. The van der Waals surface area contributed by atoms with Crippen LogP contribution in [0.15, 0.2) is 78.4 Å². The normalized spacial score (nSPS) is 14.6. The molecule has 2 unspecified atom stereocenters. The molecule has 0 saturated heterocycles. The molecule has 57 heavy (non-hydrogen) atoms. The van der Waals surface area contributed by atoms with Crippen molar-refractivity contribution < 1.29 is 175 Å². The Kier molecular flexibility index (Phi) is 14.7. The third-order valence-corrected chi connectivity index (χ3v) is 9.00. The number of carbonyl (C=O) groups is 4. The zero-order valence-electron chi connectivity index (χ0n) is 30.2. The van der Waals surface area contributed by atoms with Crippen LogP contribution in [-0.2, 0) is 21.9 Å². The van der Waals surface area contributed by atoms with Gasteiger partial charge in [0.1, 0.15) is 0 Å². The molecule has 9 rings (SSSR count). The number of fused-ring (bicyclic) bond motifs is 20. The Morgan fingerprint density at radius 1 is 0.491 bits per heavy atom. The first-order valence-electron chi connectivity index (χ1n) is 15.4. The van der Waals surface area contributed by atoms with Gasteiger partial charge in [0, 0.05) is 45.4 Å². The smallest absolute Gasteiger partial charge is 0.545 e. The van der Waals surface area contributed by atoms with Crippen molar-refractivity contribution in [2.45, 2.75) is 11.8 Å². The molecular weight excluding hydrogens is 828 g/mol. The van der Waals surface area contributed by atoms with Gasteiger partial charge in [-0.2, -0.15) is 0 Å². The van der Waals surface area contributed by atoms with Crippen LogP contribution in [0.25, 0.3) is 67.6 Å². The van der Waals surface area contributed by atoms with Crippen LogP contribution in [0.3, 0.4) is 0 Å². The monoisotopic (exact) mass is 841 g/mol. The zero-order chi connectivity index (χ0) is 36.0. The summed E-state index contributed by atoms with van der Waals surface area (Å²) in [4.78, 5) is 84.7. The maximum atomic E-state index is 11.9. The number of hydrogen-bond acceptors (Lipinski definition) is 14. The van der Waals surface area contributed by atoms with E-state index in [-0.39, 0.29) is 220 Å². The second-order valence-corrected chi connectivity index (χ2v) is 12.0. The van der Waals surface area contributed by atoms with Gasteiger partial charge in [0.25, 0.3) is 0 Å². The van der Waals surface area contributed by atoms with E-state index in [1.54, 1.807) is 6.08 Å². The van der Waals surface area contributed by atoms with Gasteiger partial charge in [-0.05, 0) is 62.9 Å². The number of carboxylic acid groups (broad SMARTS) is 4. The van der Waals surface area contributed by atoms with E-state index < -0.39 is 35.7 Å². The molecule has 0 N–H and O–H groups in total. The summed E-state index contributed by atoms with van der Waals surface area (Å²) in [5, 5.41) is 48.0. The molecule has 0 spiro atoms. The number of nitrogens with zero attached hydrogens (tertiary/aromatic N) is 8. The van der Waals surface area contributed by atoms with Crippen LogP contribution in [0, 0.1) is 0 Å². The Hall–Kier alpha value is -3.10. The maximum absolute atomic E-state index is 11.9. The number of aliphatic carboxylic acids is 1. The first-order chi connectivity index (χ1) is 25.0. The number of hydrogen-bond donors (Lipinski definition) is 0. The van der Waals surface area contributed by atoms with E-state index in [9.17, 15) is 39.6 Å². The van der Waals surface area contributed by atoms with Crippen LogP contribution >= 0.6 is 0 Å². The quantitative estimate of drug-likeness (QED) is 0.149. The molecule has 261 valence electrons. The first kappa shape index (κ1) is 46.6. The fourth-order valence-corrected chi connectivity index (χ4v) is 6.51. The summed E-state index contributed by atoms with van der Waals surface area (Å²) in [6.45, 7) is 0. The molecule has 2 aromatic heterocycles. The summed E-state index contributed by atoms with van der Waals surface area (Å²) in [5.41, 5.74) is 0.702. The third-order valence-electron chi connectivity index (χ3n) is 9.00. The van der Waals surface area contributed by atoms with Gasteiger partial charge in [0.2, 0.25) is 0 Å². The van der Waals surface area contributed by atoms with E-state index in [2.05, 4.69) is 29.9 Å². The molecule has 0 fully saturated rings. The summed E-state index contributed by atoms with van der Waals surface area (Å²) in [6.07, 6.45) is 4.37. The Labute approximate surface area is 419 Å². The van der Waals surface area contributed by atoms with Crippen LogP contribution in [-0.4, -0.2) is 53.8 Å². The minimum Gasteiger partial charge on any atom is -0.545 e. The predicted octanol–water partition coefficient (Wildman–Crippen LogP) is -13.1. The average molecular weight is 842 g/mol. The van der Waals surface area contributed by atoms with Gasteiger partial charge in [0.15, 0.2) is 0 Å². The Morgan fingerprint density at radius 3 is 1.49 bits per heavy atom. The van der Waals surface area contributed by atoms with Crippen molar-refractivity contribution in [1.29, 1.82) is 0 Å². The first-order valence-corrected chi connectivity index (χ1v) is 15.4. The molecule has 4 aliphatic rings. The molecule has 16 nitrogen and oxygen atoms in total. The van der Waals surface area contributed by atoms with Crippen molar-refractivity contribution in [2.75, 3.05) is 0 Å². The molecule has 3 aliphatic heterocycles. The van der Waals surface area contributed by atoms with Gasteiger partial charge in [-0.15, -0.1) is 0 Å². The third kappa shape index (κ3) is 8.25. The fourth-order valence-electron chi connectivity index (χ4n) is 6.51. The Balaban J connectivity index is 0.00000144. The molecular formula is C36H14CuN8Na4O8. The summed E-state index contributed by atoms with van der Waals surface area (Å²) in [7, 11) is 0. The van der Waals surface area contributed by atoms with Gasteiger partial charge >= 0.3 is 135 Å². The predicted molar refractivity (Wildman–Crippen MR) is 168 cm³/mol. The van der Waals surface area contributed by atoms with Crippen molar-refractivity contribution in [3.8, 4) is 45.6 Å². The SMILES string of the molecule is O=C([O-])C1=CC2c3nc4nc(nc5[n-]c(nc6nc(nc([n-]3)C2C=C1)-c1cc(C(=O)[O-])ccc1-6)c1cc(C(=O)[O-])ccc51)-c1cc(C(=O)[O-])ccc1-4.[Cu+2].[Na+].[Na+].[Na+].[Na+]. The van der Waals surface area contributed by atoms with Gasteiger partial charge in [-0.3, -0.25) is 0 Å². The van der Waals surface area contributed by atoms with E-state index >= 15 is 0 Å². The van der Waals surface area contributed by atoms with Crippen LogP contribution in [0.2, 0.25) is 0 Å². The van der Waals surface area contributed by atoms with Crippen molar-refractivity contribution >= 4 is 45.9 Å². The van der Waals surface area contributed by atoms with E-state index in [0.29, 0.717) is 16.5 Å². The minimum absolute atomic E-state index is 0. The molecule has 1 radical (unpaired) electrons. The van der Waals surface area contributed by atoms with Crippen molar-refractivity contribution in [3.05, 3.63) is 107 Å². The number of aromatic nitrogens is 8. The molecule has 0 amide bonds. The van der Waals surface area contributed by atoms with E-state index in [1.807, 2.05) is 0 Å². The van der Waals surface area contributed by atoms with E-state index in [4.69, 9.17) is 9.97 Å². The molecule has 0 saturated carbocycles. The Bertz CT molecular complexity index is 2830. The summed E-state index contributed by atoms with van der Waals surface area (Å²) >= 11 is 0. The zero-order valence-corrected chi connectivity index (χ0v) is 39.2. The number of benzene rings is 3. The van der Waals surface area contributed by atoms with Gasteiger partial charge in [-0.1, -0.05) is 54.6 Å². The topological polar surface area (TPSA) is 266 Å². The van der Waals surface area contributed by atoms with Crippen molar-refractivity contribution in [2.24, 2.45) is 0 Å². The molecule has 21 heteroatoms. The number of allylic oxidation sites excluding steroid dienone is 2. The van der Waals surface area contributed by atoms with Gasteiger partial charge < -0.3 is 69.5 Å². The number of carbonyl (C=O) groups excluding carboxylic acids is 4. The van der Waals surface area contributed by atoms with Gasteiger partial charge in [0.05, 0.1) is 47.2 Å². The second-order valence-electron chi connectivity index (χ2n) is 12.0. The van der Waals surface area contributed by atoms with Crippen LogP contribution in [0.1, 0.15) is 54.6 Å². The summed E-state index contributed by atoms with van der Waals surface area (Å²) in [5.74, 6) is -6.75. The molecule has 5 aromatic rings. The van der Waals surface area contributed by atoms with E-state index in [1.165, 1.54) is 66.7 Å². The maximum Gasteiger partial charge on any atom is 2.00 e. The van der Waals surface area contributed by atoms with Crippen molar-refractivity contribution in [3.63, 3.8) is 0 Å². The van der Waals surface area contributed by atoms with Crippen LogP contribution in [0.4, 0.5) is 0 Å². The standard InChI is InChI=1S/C36H20N8O8.Cu.4Na/c45-33(46)13-1-5-17-21(9-13)29-37-25(17)41-30-22-10-14(34(47)48)2-6-18(22)27(38-30)43-32-24-12-16(36(51)52)4-8-20(24)28(40-32)44-31-23-11-15(35(49)50)3-7-19(23)26(39-31)42-29;;;;;/h1-12,17,21H,(H6,37,38,39,40,41,42,43,44,45,46,47,48,49,50,51,52);;;;;/q;+2;4*+1/p-6. The molecule has 3 aromatic carbocycles. The summed E-state index contributed by atoms with van der Waals surface area (Å²) < 4.78 is 0. The minimum atomic E-state index is -1.45. The largest absolute Gasteiger partial charge is 2.00 e. The summed E-state index contributed by atoms with van der Waals surface area (Å²) in [6, 6.07) is 12.3. The average Bonchev–Trinajstić information content (AvgIpc) is 3.85. The van der Waals surface area contributed by atoms with Crippen LogP contribution < -0.4 is 149 Å².